The zero-order valence-corrected chi connectivity index (χ0v) is 14.9. The summed E-state index contributed by atoms with van der Waals surface area (Å²) < 4.78 is 10.8. The quantitative estimate of drug-likeness (QED) is 0.296. The molecule has 130 valence electrons. The van der Waals surface area contributed by atoms with E-state index in [1.165, 1.54) is 0 Å². The van der Waals surface area contributed by atoms with Gasteiger partial charge in [0.2, 0.25) is 0 Å². The predicted octanol–water partition coefficient (Wildman–Crippen LogP) is 1.65. The summed E-state index contributed by atoms with van der Waals surface area (Å²) in [4.78, 5) is 11.4. The fourth-order valence-corrected chi connectivity index (χ4v) is 2.11. The van der Waals surface area contributed by atoms with Crippen molar-refractivity contribution >= 4 is 18.4 Å². The van der Waals surface area contributed by atoms with Crippen molar-refractivity contribution in [2.75, 3.05) is 52.3 Å². The van der Waals surface area contributed by atoms with Crippen LogP contribution in [0.1, 0.15) is 26.2 Å². The van der Waals surface area contributed by atoms with Gasteiger partial charge in [-0.05, 0) is 19.9 Å². The van der Waals surface area contributed by atoms with E-state index in [2.05, 4.69) is 29.8 Å². The van der Waals surface area contributed by atoms with Gasteiger partial charge in [-0.15, -0.1) is 0 Å². The van der Waals surface area contributed by atoms with Crippen LogP contribution in [0.25, 0.3) is 0 Å². The Bertz CT molecular complexity index is 301. The Morgan fingerprint density at radius 1 is 1.18 bits per heavy atom. The summed E-state index contributed by atoms with van der Waals surface area (Å²) in [6.07, 6.45) is 2.98. The second-order valence-electron chi connectivity index (χ2n) is 5.32. The molecule has 0 radical (unpaired) electrons. The molecule has 0 aromatic heterocycles. The number of carbonyl (C=O) groups excluding carboxylic acids is 1. The maximum Gasteiger partial charge on any atom is 0.145 e. The van der Waals surface area contributed by atoms with Gasteiger partial charge in [-0.3, -0.25) is 4.79 Å². The highest BCUT2D eigenvalue weighted by atomic mass is 32.1. The van der Waals surface area contributed by atoms with Crippen LogP contribution < -0.4 is 10.6 Å². The highest BCUT2D eigenvalue weighted by Crippen LogP contribution is 2.09. The molecule has 0 spiro atoms. The molecule has 0 aliphatic rings. The van der Waals surface area contributed by atoms with Gasteiger partial charge in [-0.25, -0.2) is 0 Å². The van der Waals surface area contributed by atoms with Gasteiger partial charge >= 0.3 is 0 Å². The number of unbranched alkanes of at least 4 members (excludes halogenated alkanes) is 1. The molecule has 1 unspecified atom stereocenters. The molecule has 0 fully saturated rings. The molecular formula is C16H32N2O3S. The summed E-state index contributed by atoms with van der Waals surface area (Å²) in [5, 5.41) is 6.25. The number of ether oxygens (including phenoxy) is 2. The number of Topliss-reactive ketones (excluding diaryl/α,β-unsaturated/α-hetero) is 1. The normalized spacial score (nSPS) is 12.1. The van der Waals surface area contributed by atoms with Crippen LogP contribution in [0.2, 0.25) is 0 Å². The zero-order chi connectivity index (χ0) is 16.6. The number of ketones is 1. The third kappa shape index (κ3) is 13.1. The maximum atomic E-state index is 11.4. The van der Waals surface area contributed by atoms with Gasteiger partial charge in [-0.1, -0.05) is 19.9 Å². The summed E-state index contributed by atoms with van der Waals surface area (Å²) in [7, 11) is 1.90. The van der Waals surface area contributed by atoms with Crippen molar-refractivity contribution in [2.45, 2.75) is 26.2 Å². The number of likely N-dealkylation sites (N-methyl/N-ethyl adjacent to an activating group) is 1. The molecule has 2 N–H and O–H groups in total. The van der Waals surface area contributed by atoms with Crippen molar-refractivity contribution in [2.24, 2.45) is 5.92 Å². The molecule has 0 aromatic rings. The van der Waals surface area contributed by atoms with E-state index < -0.39 is 0 Å². The molecule has 0 aliphatic heterocycles. The summed E-state index contributed by atoms with van der Waals surface area (Å²) in [6, 6.07) is 0. The van der Waals surface area contributed by atoms with Crippen LogP contribution in [0.15, 0.2) is 12.3 Å². The van der Waals surface area contributed by atoms with E-state index >= 15 is 0 Å². The highest BCUT2D eigenvalue weighted by Gasteiger charge is 2.09. The number of rotatable bonds is 16. The molecule has 6 heteroatoms. The van der Waals surface area contributed by atoms with E-state index in [-0.39, 0.29) is 11.7 Å². The Labute approximate surface area is 140 Å². The Morgan fingerprint density at radius 3 is 2.59 bits per heavy atom. The first-order chi connectivity index (χ1) is 10.6. The largest absolute Gasteiger partial charge is 0.387 e. The van der Waals surface area contributed by atoms with Crippen LogP contribution in [0.4, 0.5) is 0 Å². The molecule has 0 aromatic carbocycles. The average Bonchev–Trinajstić information content (AvgIpc) is 2.52. The lowest BCUT2D eigenvalue weighted by Crippen LogP contribution is -2.20. The first-order valence-electron chi connectivity index (χ1n) is 7.97. The molecule has 0 saturated carbocycles. The SMILES string of the molecule is C=C(COCCOCCNC)NCCCCC(C)C(=O)CS. The van der Waals surface area contributed by atoms with Gasteiger partial charge in [0.1, 0.15) is 5.78 Å². The van der Waals surface area contributed by atoms with E-state index in [0.717, 1.165) is 38.0 Å². The minimum absolute atomic E-state index is 0.118. The Kier molecular flexibility index (Phi) is 14.9. The zero-order valence-electron chi connectivity index (χ0n) is 14.0. The van der Waals surface area contributed by atoms with Crippen LogP contribution in [-0.4, -0.2) is 58.1 Å². The summed E-state index contributed by atoms with van der Waals surface area (Å²) in [5.74, 6) is 0.685. The van der Waals surface area contributed by atoms with E-state index in [1.54, 1.807) is 0 Å². The molecular weight excluding hydrogens is 300 g/mol. The number of hydrogen-bond donors (Lipinski definition) is 3. The van der Waals surface area contributed by atoms with Gasteiger partial charge in [0, 0.05) is 30.5 Å². The standard InChI is InChI=1S/C16H32N2O3S/c1-14(16(19)13-22)6-4-5-7-18-15(2)12-21-11-10-20-9-8-17-3/h14,17-18,22H,2,4-13H2,1,3H3. The lowest BCUT2D eigenvalue weighted by molar-refractivity contribution is -0.120. The van der Waals surface area contributed by atoms with Crippen molar-refractivity contribution in [3.8, 4) is 0 Å². The van der Waals surface area contributed by atoms with E-state index in [4.69, 9.17) is 9.47 Å². The van der Waals surface area contributed by atoms with Gasteiger partial charge < -0.3 is 20.1 Å². The van der Waals surface area contributed by atoms with Gasteiger partial charge in [0.15, 0.2) is 0 Å². The molecule has 0 bridgehead atoms. The molecule has 0 amide bonds. The van der Waals surface area contributed by atoms with Crippen LogP contribution in [-0.2, 0) is 14.3 Å². The first-order valence-corrected chi connectivity index (χ1v) is 8.60. The van der Waals surface area contributed by atoms with E-state index in [9.17, 15) is 4.79 Å². The lowest BCUT2D eigenvalue weighted by Gasteiger charge is -2.12. The van der Waals surface area contributed by atoms with Crippen molar-refractivity contribution in [1.29, 1.82) is 0 Å². The smallest absolute Gasteiger partial charge is 0.145 e. The molecule has 0 aliphatic carbocycles. The highest BCUT2D eigenvalue weighted by molar-refractivity contribution is 7.81. The number of nitrogens with one attached hydrogen (secondary N) is 2. The first kappa shape index (κ1) is 21.4. The van der Waals surface area contributed by atoms with Gasteiger partial charge in [0.05, 0.1) is 26.4 Å². The number of thiol groups is 1. The minimum Gasteiger partial charge on any atom is -0.387 e. The Balaban J connectivity index is 3.34. The molecule has 0 saturated heterocycles. The lowest BCUT2D eigenvalue weighted by atomic mass is 10.0. The van der Waals surface area contributed by atoms with Crippen molar-refractivity contribution in [3.05, 3.63) is 12.3 Å². The topological polar surface area (TPSA) is 59.6 Å². The van der Waals surface area contributed by atoms with Crippen molar-refractivity contribution in [1.82, 2.24) is 10.6 Å². The summed E-state index contributed by atoms with van der Waals surface area (Å²) >= 11 is 4.01. The van der Waals surface area contributed by atoms with Crippen LogP contribution in [0, 0.1) is 5.92 Å². The Hall–Kier alpha value is -0.560. The Morgan fingerprint density at radius 2 is 1.91 bits per heavy atom. The predicted molar refractivity (Wildman–Crippen MR) is 94.6 cm³/mol. The number of hydrogen-bond acceptors (Lipinski definition) is 6. The molecule has 0 heterocycles. The van der Waals surface area contributed by atoms with Gasteiger partial charge in [-0.2, -0.15) is 12.6 Å². The summed E-state index contributed by atoms with van der Waals surface area (Å²) in [6.45, 7) is 10.00. The molecule has 22 heavy (non-hydrogen) atoms. The molecule has 5 nitrogen and oxygen atoms in total. The minimum atomic E-state index is 0.118. The van der Waals surface area contributed by atoms with Crippen LogP contribution >= 0.6 is 12.6 Å². The maximum absolute atomic E-state index is 11.4. The van der Waals surface area contributed by atoms with Crippen LogP contribution in [0.5, 0.6) is 0 Å². The molecule has 1 atom stereocenters. The fraction of sp³-hybridized carbons (Fsp3) is 0.812. The van der Waals surface area contributed by atoms with Crippen molar-refractivity contribution in [3.63, 3.8) is 0 Å². The van der Waals surface area contributed by atoms with Crippen LogP contribution in [0.3, 0.4) is 0 Å². The molecule has 0 rings (SSSR count). The fourth-order valence-electron chi connectivity index (χ4n) is 1.80. The van der Waals surface area contributed by atoms with E-state index in [1.807, 2.05) is 14.0 Å². The summed E-state index contributed by atoms with van der Waals surface area (Å²) in [5.41, 5.74) is 0.884. The second-order valence-corrected chi connectivity index (χ2v) is 5.64. The average molecular weight is 333 g/mol. The number of carbonyl (C=O) groups is 1. The monoisotopic (exact) mass is 332 g/mol. The van der Waals surface area contributed by atoms with Gasteiger partial charge in [0.25, 0.3) is 0 Å². The second kappa shape index (κ2) is 15.3. The third-order valence-electron chi connectivity index (χ3n) is 3.29. The van der Waals surface area contributed by atoms with E-state index in [0.29, 0.717) is 32.2 Å². The van der Waals surface area contributed by atoms with Crippen molar-refractivity contribution < 1.29 is 14.3 Å². The third-order valence-corrected chi connectivity index (χ3v) is 3.60.